The van der Waals surface area contributed by atoms with E-state index in [0.29, 0.717) is 12.2 Å². The predicted molar refractivity (Wildman–Crippen MR) is 88.6 cm³/mol. The number of aromatic nitrogens is 3. The van der Waals surface area contributed by atoms with Crippen LogP contribution in [0, 0.1) is 6.92 Å². The van der Waals surface area contributed by atoms with Crippen LogP contribution in [0.5, 0.6) is 0 Å². The summed E-state index contributed by atoms with van der Waals surface area (Å²) >= 11 is 0. The van der Waals surface area contributed by atoms with E-state index in [9.17, 15) is 4.79 Å². The third-order valence-electron chi connectivity index (χ3n) is 4.15. The summed E-state index contributed by atoms with van der Waals surface area (Å²) in [6.45, 7) is 3.42. The molecule has 1 saturated heterocycles. The summed E-state index contributed by atoms with van der Waals surface area (Å²) in [4.78, 5) is 29.1. The maximum Gasteiger partial charge on any atom is 0.274 e. The molecule has 0 saturated carbocycles. The molecule has 23 heavy (non-hydrogen) atoms. The molecule has 0 aromatic carbocycles. The number of nitrogens with zero attached hydrogens (tertiary/aromatic N) is 5. The van der Waals surface area contributed by atoms with Crippen LogP contribution in [-0.4, -0.2) is 52.9 Å². The molecule has 1 aliphatic rings. The molecule has 6 nitrogen and oxygen atoms in total. The Hall–Kier alpha value is -2.50. The standard InChI is InChI=1S/C17H21N5O/c1-12-8-14(21(2)3)9-15(20-12)13-4-7-22(11-13)17(23)16-10-18-5-6-19-16/h5-6,8-10,13H,4,7,11H2,1-3H3. The van der Waals surface area contributed by atoms with Crippen LogP contribution >= 0.6 is 0 Å². The molecule has 1 atom stereocenters. The van der Waals surface area contributed by atoms with Gasteiger partial charge in [0.05, 0.1) is 6.20 Å². The van der Waals surface area contributed by atoms with Crippen LogP contribution < -0.4 is 4.90 Å². The normalized spacial score (nSPS) is 17.3. The van der Waals surface area contributed by atoms with Gasteiger partial charge < -0.3 is 9.80 Å². The predicted octanol–water partition coefficient (Wildman–Crippen LogP) is 1.88. The van der Waals surface area contributed by atoms with Gasteiger partial charge in [0.25, 0.3) is 5.91 Å². The summed E-state index contributed by atoms with van der Waals surface area (Å²) in [7, 11) is 4.05. The molecule has 2 aromatic rings. The minimum atomic E-state index is -0.0545. The van der Waals surface area contributed by atoms with Gasteiger partial charge in [0, 0.05) is 62.6 Å². The van der Waals surface area contributed by atoms with Gasteiger partial charge in [-0.1, -0.05) is 0 Å². The lowest BCUT2D eigenvalue weighted by Crippen LogP contribution is -2.29. The molecule has 0 radical (unpaired) electrons. The Labute approximate surface area is 136 Å². The van der Waals surface area contributed by atoms with E-state index in [2.05, 4.69) is 32.0 Å². The molecule has 1 amide bonds. The third kappa shape index (κ3) is 3.31. The number of rotatable bonds is 3. The van der Waals surface area contributed by atoms with E-state index in [1.54, 1.807) is 12.4 Å². The van der Waals surface area contributed by atoms with Crippen molar-refractivity contribution < 1.29 is 4.79 Å². The van der Waals surface area contributed by atoms with Crippen molar-refractivity contribution in [2.75, 3.05) is 32.1 Å². The summed E-state index contributed by atoms with van der Waals surface area (Å²) < 4.78 is 0. The Balaban J connectivity index is 1.76. The van der Waals surface area contributed by atoms with E-state index in [0.717, 1.165) is 30.0 Å². The van der Waals surface area contributed by atoms with Gasteiger partial charge in [-0.15, -0.1) is 0 Å². The van der Waals surface area contributed by atoms with Gasteiger partial charge in [0.15, 0.2) is 0 Å². The van der Waals surface area contributed by atoms with E-state index >= 15 is 0 Å². The van der Waals surface area contributed by atoms with E-state index in [4.69, 9.17) is 0 Å². The smallest absolute Gasteiger partial charge is 0.274 e. The Morgan fingerprint density at radius 2 is 2.13 bits per heavy atom. The van der Waals surface area contributed by atoms with Crippen LogP contribution in [0.1, 0.15) is 34.2 Å². The average molecular weight is 311 g/mol. The molecule has 1 unspecified atom stereocenters. The SMILES string of the molecule is Cc1cc(N(C)C)cc(C2CCN(C(=O)c3cnccn3)C2)n1. The number of hydrogen-bond acceptors (Lipinski definition) is 5. The van der Waals surface area contributed by atoms with Gasteiger partial charge in [-0.3, -0.25) is 14.8 Å². The summed E-state index contributed by atoms with van der Waals surface area (Å²) in [5.74, 6) is 0.218. The van der Waals surface area contributed by atoms with Crippen molar-refractivity contribution in [3.8, 4) is 0 Å². The first-order valence-corrected chi connectivity index (χ1v) is 7.76. The van der Waals surface area contributed by atoms with Gasteiger partial charge in [-0.05, 0) is 25.5 Å². The quantitative estimate of drug-likeness (QED) is 0.866. The molecule has 1 fully saturated rings. The van der Waals surface area contributed by atoms with Crippen LogP contribution in [0.2, 0.25) is 0 Å². The van der Waals surface area contributed by atoms with Crippen LogP contribution in [0.4, 0.5) is 5.69 Å². The lowest BCUT2D eigenvalue weighted by Gasteiger charge is -2.18. The number of carbonyl (C=O) groups excluding carboxylic acids is 1. The molecule has 0 N–H and O–H groups in total. The minimum absolute atomic E-state index is 0.0545. The number of pyridine rings is 1. The molecule has 120 valence electrons. The van der Waals surface area contributed by atoms with Crippen LogP contribution in [0.25, 0.3) is 0 Å². The fourth-order valence-corrected chi connectivity index (χ4v) is 2.90. The molecule has 2 aromatic heterocycles. The van der Waals surface area contributed by atoms with Crippen molar-refractivity contribution in [1.29, 1.82) is 0 Å². The summed E-state index contributed by atoms with van der Waals surface area (Å²) in [5.41, 5.74) is 3.61. The van der Waals surface area contributed by atoms with Gasteiger partial charge in [-0.25, -0.2) is 4.98 Å². The highest BCUT2D eigenvalue weighted by atomic mass is 16.2. The Kier molecular flexibility index (Phi) is 4.23. The fourth-order valence-electron chi connectivity index (χ4n) is 2.90. The zero-order chi connectivity index (χ0) is 16.4. The molecule has 0 spiro atoms. The maximum absolute atomic E-state index is 12.5. The first-order valence-electron chi connectivity index (χ1n) is 7.76. The van der Waals surface area contributed by atoms with Gasteiger partial charge in [-0.2, -0.15) is 0 Å². The number of hydrogen-bond donors (Lipinski definition) is 0. The first-order chi connectivity index (χ1) is 11.0. The second-order valence-electron chi connectivity index (χ2n) is 6.11. The second kappa shape index (κ2) is 6.32. The monoisotopic (exact) mass is 311 g/mol. The fraction of sp³-hybridized carbons (Fsp3) is 0.412. The number of aryl methyl sites for hydroxylation is 1. The molecule has 0 bridgehead atoms. The van der Waals surface area contributed by atoms with Crippen molar-refractivity contribution in [1.82, 2.24) is 19.9 Å². The number of likely N-dealkylation sites (tertiary alicyclic amines) is 1. The molecule has 3 heterocycles. The van der Waals surface area contributed by atoms with Gasteiger partial charge in [0.1, 0.15) is 5.69 Å². The first kappa shape index (κ1) is 15.4. The van der Waals surface area contributed by atoms with Crippen molar-refractivity contribution >= 4 is 11.6 Å². The van der Waals surface area contributed by atoms with Gasteiger partial charge >= 0.3 is 0 Å². The van der Waals surface area contributed by atoms with E-state index in [1.807, 2.05) is 25.9 Å². The topological polar surface area (TPSA) is 62.2 Å². The molecule has 1 aliphatic heterocycles. The minimum Gasteiger partial charge on any atom is -0.378 e. The molecule has 0 aliphatic carbocycles. The van der Waals surface area contributed by atoms with Crippen LogP contribution in [0.15, 0.2) is 30.7 Å². The van der Waals surface area contributed by atoms with E-state index in [-0.39, 0.29) is 11.8 Å². The number of carbonyl (C=O) groups is 1. The largest absolute Gasteiger partial charge is 0.378 e. The average Bonchev–Trinajstić information content (AvgIpc) is 3.04. The van der Waals surface area contributed by atoms with Crippen molar-refractivity contribution in [3.05, 3.63) is 47.8 Å². The lowest BCUT2D eigenvalue weighted by atomic mass is 10.0. The van der Waals surface area contributed by atoms with E-state index < -0.39 is 0 Å². The van der Waals surface area contributed by atoms with Crippen LogP contribution in [-0.2, 0) is 0 Å². The number of anilines is 1. The molecular weight excluding hydrogens is 290 g/mol. The number of amides is 1. The highest BCUT2D eigenvalue weighted by Gasteiger charge is 2.29. The highest BCUT2D eigenvalue weighted by molar-refractivity contribution is 5.92. The molecule has 3 rings (SSSR count). The van der Waals surface area contributed by atoms with Crippen molar-refractivity contribution in [2.45, 2.75) is 19.3 Å². The molecular formula is C17H21N5O. The molecule has 6 heteroatoms. The Bertz CT molecular complexity index is 701. The summed E-state index contributed by atoms with van der Waals surface area (Å²) in [6, 6.07) is 4.19. The highest BCUT2D eigenvalue weighted by Crippen LogP contribution is 2.29. The Morgan fingerprint density at radius 3 is 2.83 bits per heavy atom. The summed E-state index contributed by atoms with van der Waals surface area (Å²) in [5, 5.41) is 0. The van der Waals surface area contributed by atoms with Crippen LogP contribution in [0.3, 0.4) is 0 Å². The zero-order valence-electron chi connectivity index (χ0n) is 13.7. The van der Waals surface area contributed by atoms with E-state index in [1.165, 1.54) is 6.20 Å². The van der Waals surface area contributed by atoms with Gasteiger partial charge in [0.2, 0.25) is 0 Å². The second-order valence-corrected chi connectivity index (χ2v) is 6.11. The third-order valence-corrected chi connectivity index (χ3v) is 4.15. The van der Waals surface area contributed by atoms with Crippen molar-refractivity contribution in [2.24, 2.45) is 0 Å². The van der Waals surface area contributed by atoms with Crippen molar-refractivity contribution in [3.63, 3.8) is 0 Å². The lowest BCUT2D eigenvalue weighted by molar-refractivity contribution is 0.0784. The maximum atomic E-state index is 12.5. The Morgan fingerprint density at radius 1 is 1.30 bits per heavy atom. The summed E-state index contributed by atoms with van der Waals surface area (Å²) in [6.07, 6.45) is 5.56. The zero-order valence-corrected chi connectivity index (χ0v) is 13.7.